The van der Waals surface area contributed by atoms with Crippen LogP contribution in [0, 0.1) is 0 Å². The smallest absolute Gasteiger partial charge is 0.407 e. The van der Waals surface area contributed by atoms with Crippen molar-refractivity contribution in [1.29, 1.82) is 0 Å². The molecule has 1 aromatic heterocycles. The van der Waals surface area contributed by atoms with E-state index in [9.17, 15) is 4.79 Å². The van der Waals surface area contributed by atoms with Gasteiger partial charge in [0.05, 0.1) is 0 Å². The van der Waals surface area contributed by atoms with E-state index in [0.717, 1.165) is 6.54 Å². The summed E-state index contributed by atoms with van der Waals surface area (Å²) in [6, 6.07) is 2.03. The molecule has 7 nitrogen and oxygen atoms in total. The van der Waals surface area contributed by atoms with Gasteiger partial charge in [-0.2, -0.15) is 0 Å². The Kier molecular flexibility index (Phi) is 3.71. The van der Waals surface area contributed by atoms with Crippen LogP contribution < -0.4 is 10.6 Å². The third kappa shape index (κ3) is 3.28. The van der Waals surface area contributed by atoms with Crippen LogP contribution in [0.2, 0.25) is 0 Å². The van der Waals surface area contributed by atoms with Gasteiger partial charge in [-0.1, -0.05) is 0 Å². The zero-order valence-electron chi connectivity index (χ0n) is 9.33. The van der Waals surface area contributed by atoms with E-state index in [-0.39, 0.29) is 6.04 Å². The van der Waals surface area contributed by atoms with Gasteiger partial charge >= 0.3 is 6.09 Å². The van der Waals surface area contributed by atoms with E-state index in [2.05, 4.69) is 20.6 Å². The standard InChI is InChI=1S/C10H15N5O2/c16-10(17)15-6-8(7-15)11-4-5-14-9-12-2-1-3-13-9/h1-3,8,11H,4-7H2,(H,16,17)(H,12,13,14). The Morgan fingerprint density at radius 1 is 1.41 bits per heavy atom. The molecule has 0 spiro atoms. The van der Waals surface area contributed by atoms with Gasteiger partial charge in [0, 0.05) is 44.6 Å². The van der Waals surface area contributed by atoms with Gasteiger partial charge in [0.2, 0.25) is 5.95 Å². The number of carbonyl (C=O) groups is 1. The molecular formula is C10H15N5O2. The number of amides is 1. The summed E-state index contributed by atoms with van der Waals surface area (Å²) in [5.41, 5.74) is 0. The number of anilines is 1. The summed E-state index contributed by atoms with van der Waals surface area (Å²) < 4.78 is 0. The van der Waals surface area contributed by atoms with Gasteiger partial charge in [0.25, 0.3) is 0 Å². The molecule has 7 heteroatoms. The number of hydrogen-bond donors (Lipinski definition) is 3. The number of hydrogen-bond acceptors (Lipinski definition) is 5. The number of carboxylic acid groups (broad SMARTS) is 1. The van der Waals surface area contributed by atoms with Gasteiger partial charge in [-0.05, 0) is 6.07 Å². The molecule has 1 aromatic rings. The third-order valence-corrected chi connectivity index (χ3v) is 2.56. The van der Waals surface area contributed by atoms with Crippen LogP contribution in [0.15, 0.2) is 18.5 Å². The van der Waals surface area contributed by atoms with Crippen LogP contribution in [-0.4, -0.2) is 58.3 Å². The second kappa shape index (κ2) is 5.44. The lowest BCUT2D eigenvalue weighted by Gasteiger charge is -2.37. The molecule has 1 fully saturated rings. The van der Waals surface area contributed by atoms with Gasteiger partial charge in [0.15, 0.2) is 0 Å². The monoisotopic (exact) mass is 237 g/mol. The highest BCUT2D eigenvalue weighted by Gasteiger charge is 2.29. The minimum absolute atomic E-state index is 0.268. The number of nitrogens with one attached hydrogen (secondary N) is 2. The number of nitrogens with zero attached hydrogens (tertiary/aromatic N) is 3. The Hall–Kier alpha value is -1.89. The fourth-order valence-electron chi connectivity index (χ4n) is 1.60. The van der Waals surface area contributed by atoms with Crippen molar-refractivity contribution < 1.29 is 9.90 Å². The van der Waals surface area contributed by atoms with E-state index < -0.39 is 6.09 Å². The molecule has 1 saturated heterocycles. The van der Waals surface area contributed by atoms with Gasteiger partial charge < -0.3 is 20.6 Å². The van der Waals surface area contributed by atoms with E-state index in [1.165, 1.54) is 4.90 Å². The normalized spacial score (nSPS) is 15.4. The Morgan fingerprint density at radius 3 is 2.76 bits per heavy atom. The number of rotatable bonds is 5. The van der Waals surface area contributed by atoms with E-state index in [1.54, 1.807) is 18.5 Å². The molecule has 17 heavy (non-hydrogen) atoms. The van der Waals surface area contributed by atoms with Crippen molar-refractivity contribution in [1.82, 2.24) is 20.2 Å². The largest absolute Gasteiger partial charge is 0.465 e. The Bertz CT molecular complexity index is 366. The van der Waals surface area contributed by atoms with Crippen LogP contribution >= 0.6 is 0 Å². The van der Waals surface area contributed by atoms with E-state index >= 15 is 0 Å². The van der Waals surface area contributed by atoms with Crippen molar-refractivity contribution in [2.45, 2.75) is 6.04 Å². The van der Waals surface area contributed by atoms with Crippen molar-refractivity contribution >= 4 is 12.0 Å². The first-order chi connectivity index (χ1) is 8.25. The lowest BCUT2D eigenvalue weighted by molar-refractivity contribution is 0.0965. The van der Waals surface area contributed by atoms with Crippen LogP contribution in [0.25, 0.3) is 0 Å². The minimum Gasteiger partial charge on any atom is -0.465 e. The molecular weight excluding hydrogens is 222 g/mol. The van der Waals surface area contributed by atoms with Crippen molar-refractivity contribution in [2.75, 3.05) is 31.5 Å². The van der Waals surface area contributed by atoms with Crippen LogP contribution in [0.4, 0.5) is 10.7 Å². The van der Waals surface area contributed by atoms with E-state index in [4.69, 9.17) is 5.11 Å². The number of aromatic nitrogens is 2. The molecule has 1 amide bonds. The average molecular weight is 237 g/mol. The molecule has 0 unspecified atom stereocenters. The molecule has 3 N–H and O–H groups in total. The molecule has 2 heterocycles. The zero-order chi connectivity index (χ0) is 12.1. The number of likely N-dealkylation sites (tertiary alicyclic amines) is 1. The highest BCUT2D eigenvalue weighted by molar-refractivity contribution is 5.66. The summed E-state index contributed by atoms with van der Waals surface area (Å²) in [4.78, 5) is 19.9. The molecule has 0 radical (unpaired) electrons. The molecule has 0 aliphatic carbocycles. The molecule has 92 valence electrons. The maximum Gasteiger partial charge on any atom is 0.407 e. The highest BCUT2D eigenvalue weighted by Crippen LogP contribution is 2.06. The summed E-state index contributed by atoms with van der Waals surface area (Å²) in [6.45, 7) is 2.61. The van der Waals surface area contributed by atoms with Gasteiger partial charge in [-0.25, -0.2) is 14.8 Å². The SMILES string of the molecule is O=C(O)N1CC(NCCNc2ncccn2)C1. The molecule has 1 aliphatic heterocycles. The van der Waals surface area contributed by atoms with Crippen LogP contribution in [0.5, 0.6) is 0 Å². The van der Waals surface area contributed by atoms with Crippen LogP contribution in [-0.2, 0) is 0 Å². The van der Waals surface area contributed by atoms with Gasteiger partial charge in [0.1, 0.15) is 0 Å². The summed E-state index contributed by atoms with van der Waals surface area (Å²) in [7, 11) is 0. The predicted octanol–water partition coefficient (Wildman–Crippen LogP) is -0.160. The van der Waals surface area contributed by atoms with Gasteiger partial charge in [-0.15, -0.1) is 0 Å². The van der Waals surface area contributed by atoms with Crippen molar-refractivity contribution in [3.63, 3.8) is 0 Å². The first-order valence-electron chi connectivity index (χ1n) is 5.48. The predicted molar refractivity (Wildman–Crippen MR) is 61.9 cm³/mol. The first kappa shape index (κ1) is 11.6. The van der Waals surface area contributed by atoms with E-state index in [1.807, 2.05) is 0 Å². The van der Waals surface area contributed by atoms with E-state index in [0.29, 0.717) is 25.6 Å². The first-order valence-corrected chi connectivity index (χ1v) is 5.48. The molecule has 2 rings (SSSR count). The molecule has 0 aromatic carbocycles. The van der Waals surface area contributed by atoms with Crippen LogP contribution in [0.1, 0.15) is 0 Å². The lowest BCUT2D eigenvalue weighted by Crippen LogP contribution is -2.60. The molecule has 0 atom stereocenters. The second-order valence-electron chi connectivity index (χ2n) is 3.84. The quantitative estimate of drug-likeness (QED) is 0.616. The Labute approximate surface area is 98.9 Å². The molecule has 1 aliphatic rings. The Morgan fingerprint density at radius 2 is 2.12 bits per heavy atom. The summed E-state index contributed by atoms with van der Waals surface area (Å²) in [5.74, 6) is 0.607. The van der Waals surface area contributed by atoms with Crippen molar-refractivity contribution in [3.05, 3.63) is 18.5 Å². The third-order valence-electron chi connectivity index (χ3n) is 2.56. The average Bonchev–Trinajstić information content (AvgIpc) is 2.27. The summed E-state index contributed by atoms with van der Waals surface area (Å²) in [6.07, 6.45) is 2.51. The molecule has 0 saturated carbocycles. The van der Waals surface area contributed by atoms with Crippen LogP contribution in [0.3, 0.4) is 0 Å². The fourth-order valence-corrected chi connectivity index (χ4v) is 1.60. The fraction of sp³-hybridized carbons (Fsp3) is 0.500. The summed E-state index contributed by atoms with van der Waals surface area (Å²) in [5, 5.41) is 15.0. The zero-order valence-corrected chi connectivity index (χ0v) is 9.33. The highest BCUT2D eigenvalue weighted by atomic mass is 16.4. The minimum atomic E-state index is -0.848. The van der Waals surface area contributed by atoms with Crippen molar-refractivity contribution in [3.8, 4) is 0 Å². The maximum atomic E-state index is 10.5. The topological polar surface area (TPSA) is 90.4 Å². The Balaban J connectivity index is 1.55. The lowest BCUT2D eigenvalue weighted by atomic mass is 10.1. The second-order valence-corrected chi connectivity index (χ2v) is 3.84. The maximum absolute atomic E-state index is 10.5. The molecule has 0 bridgehead atoms. The van der Waals surface area contributed by atoms with Crippen molar-refractivity contribution in [2.24, 2.45) is 0 Å². The van der Waals surface area contributed by atoms with Gasteiger partial charge in [-0.3, -0.25) is 0 Å². The summed E-state index contributed by atoms with van der Waals surface area (Å²) >= 11 is 0.